The molecule has 0 aliphatic heterocycles. The number of nitrogens with zero attached hydrogens (tertiary/aromatic N) is 1. The monoisotopic (exact) mass is 401 g/mol. The standard InChI is InChI=1S/C20H17Cl2N3O2/c1-12-8-16(4-5-17(12)22)27-19-9-14(21)3-2-13(19)11-25-15-6-7-24-18(10-15)20(23)26/h2-10H,11H2,1H3,(H2,23,26)(H,24,25). The smallest absolute Gasteiger partial charge is 0.267 e. The molecular formula is C20H17Cl2N3O2. The summed E-state index contributed by atoms with van der Waals surface area (Å²) in [7, 11) is 0. The highest BCUT2D eigenvalue weighted by Crippen LogP contribution is 2.31. The second-order valence-corrected chi connectivity index (χ2v) is 6.76. The van der Waals surface area contributed by atoms with Crippen molar-refractivity contribution in [3.8, 4) is 11.5 Å². The van der Waals surface area contributed by atoms with E-state index in [-0.39, 0.29) is 5.69 Å². The Labute approximate surface area is 167 Å². The number of primary amides is 1. The van der Waals surface area contributed by atoms with Gasteiger partial charge in [-0.1, -0.05) is 29.3 Å². The van der Waals surface area contributed by atoms with E-state index in [4.69, 9.17) is 33.7 Å². The first-order chi connectivity index (χ1) is 12.9. The third-order valence-electron chi connectivity index (χ3n) is 3.88. The number of rotatable bonds is 6. The van der Waals surface area contributed by atoms with Gasteiger partial charge < -0.3 is 15.8 Å². The summed E-state index contributed by atoms with van der Waals surface area (Å²) in [4.78, 5) is 15.2. The number of pyridine rings is 1. The predicted molar refractivity (Wildman–Crippen MR) is 108 cm³/mol. The Morgan fingerprint density at radius 2 is 1.96 bits per heavy atom. The lowest BCUT2D eigenvalue weighted by Crippen LogP contribution is -2.13. The van der Waals surface area contributed by atoms with Crippen LogP contribution in [0.1, 0.15) is 21.6 Å². The zero-order valence-electron chi connectivity index (χ0n) is 14.5. The number of benzene rings is 2. The summed E-state index contributed by atoms with van der Waals surface area (Å²) in [5.41, 5.74) is 8.00. The lowest BCUT2D eigenvalue weighted by atomic mass is 10.2. The molecule has 1 heterocycles. The summed E-state index contributed by atoms with van der Waals surface area (Å²) >= 11 is 12.2. The van der Waals surface area contributed by atoms with Gasteiger partial charge in [-0.05, 0) is 55.0 Å². The summed E-state index contributed by atoms with van der Waals surface area (Å²) in [5.74, 6) is 0.716. The Balaban J connectivity index is 1.80. The van der Waals surface area contributed by atoms with Crippen LogP contribution in [-0.4, -0.2) is 10.9 Å². The summed E-state index contributed by atoms with van der Waals surface area (Å²) in [6.07, 6.45) is 1.53. The second kappa shape index (κ2) is 8.29. The van der Waals surface area contributed by atoms with Crippen molar-refractivity contribution in [1.82, 2.24) is 4.98 Å². The average molecular weight is 402 g/mol. The maximum Gasteiger partial charge on any atom is 0.267 e. The SMILES string of the molecule is Cc1cc(Oc2cc(Cl)ccc2CNc2ccnc(C(N)=O)c2)ccc1Cl. The Kier molecular flexibility index (Phi) is 5.84. The fourth-order valence-electron chi connectivity index (χ4n) is 2.45. The maximum absolute atomic E-state index is 11.3. The van der Waals surface area contributed by atoms with Crippen LogP contribution in [0.15, 0.2) is 54.7 Å². The lowest BCUT2D eigenvalue weighted by molar-refractivity contribution is 0.0995. The van der Waals surface area contributed by atoms with Gasteiger partial charge in [-0.3, -0.25) is 9.78 Å². The molecule has 3 N–H and O–H groups in total. The van der Waals surface area contributed by atoms with Crippen molar-refractivity contribution < 1.29 is 9.53 Å². The molecule has 3 aromatic rings. The Morgan fingerprint density at radius 1 is 1.15 bits per heavy atom. The van der Waals surface area contributed by atoms with E-state index in [0.29, 0.717) is 28.1 Å². The summed E-state index contributed by atoms with van der Waals surface area (Å²) in [5, 5.41) is 4.48. The number of carbonyl (C=O) groups is 1. The van der Waals surface area contributed by atoms with E-state index in [1.165, 1.54) is 6.20 Å². The number of nitrogens with one attached hydrogen (secondary N) is 1. The number of aryl methyl sites for hydroxylation is 1. The minimum Gasteiger partial charge on any atom is -0.457 e. The van der Waals surface area contributed by atoms with Gasteiger partial charge in [0.2, 0.25) is 0 Å². The van der Waals surface area contributed by atoms with Crippen LogP contribution in [0.2, 0.25) is 10.0 Å². The van der Waals surface area contributed by atoms with Gasteiger partial charge in [0.1, 0.15) is 17.2 Å². The van der Waals surface area contributed by atoms with Gasteiger partial charge in [0.15, 0.2) is 0 Å². The van der Waals surface area contributed by atoms with E-state index in [0.717, 1.165) is 16.8 Å². The molecule has 3 rings (SSSR count). The van der Waals surface area contributed by atoms with Crippen LogP contribution in [0.4, 0.5) is 5.69 Å². The van der Waals surface area contributed by atoms with Crippen LogP contribution < -0.4 is 15.8 Å². The van der Waals surface area contributed by atoms with Crippen LogP contribution in [0.3, 0.4) is 0 Å². The quantitative estimate of drug-likeness (QED) is 0.594. The number of carbonyl (C=O) groups excluding carboxylic acids is 1. The molecule has 138 valence electrons. The molecule has 0 fully saturated rings. The molecule has 0 aliphatic carbocycles. The van der Waals surface area contributed by atoms with Crippen molar-refractivity contribution >= 4 is 34.8 Å². The third-order valence-corrected chi connectivity index (χ3v) is 4.54. The molecule has 2 aromatic carbocycles. The van der Waals surface area contributed by atoms with Crippen LogP contribution in [0, 0.1) is 6.92 Å². The normalized spacial score (nSPS) is 10.5. The Morgan fingerprint density at radius 3 is 2.70 bits per heavy atom. The van der Waals surface area contributed by atoms with Crippen molar-refractivity contribution in [2.45, 2.75) is 13.5 Å². The zero-order chi connectivity index (χ0) is 19.4. The fourth-order valence-corrected chi connectivity index (χ4v) is 2.73. The number of aromatic nitrogens is 1. The largest absolute Gasteiger partial charge is 0.457 e. The van der Waals surface area contributed by atoms with Crippen LogP contribution >= 0.6 is 23.2 Å². The van der Waals surface area contributed by atoms with Gasteiger partial charge in [-0.2, -0.15) is 0 Å². The van der Waals surface area contributed by atoms with Gasteiger partial charge in [0.25, 0.3) is 5.91 Å². The van der Waals surface area contributed by atoms with E-state index in [9.17, 15) is 4.79 Å². The molecule has 0 atom stereocenters. The van der Waals surface area contributed by atoms with Gasteiger partial charge in [-0.15, -0.1) is 0 Å². The topological polar surface area (TPSA) is 77.2 Å². The minimum absolute atomic E-state index is 0.198. The highest BCUT2D eigenvalue weighted by atomic mass is 35.5. The molecule has 0 aliphatic rings. The van der Waals surface area contributed by atoms with E-state index in [2.05, 4.69) is 10.3 Å². The molecular weight excluding hydrogens is 385 g/mol. The molecule has 0 saturated carbocycles. The third kappa shape index (κ3) is 4.90. The van der Waals surface area contributed by atoms with E-state index in [1.54, 1.807) is 36.4 Å². The number of ether oxygens (including phenoxy) is 1. The van der Waals surface area contributed by atoms with Crippen molar-refractivity contribution in [3.63, 3.8) is 0 Å². The molecule has 7 heteroatoms. The van der Waals surface area contributed by atoms with Gasteiger partial charge in [0, 0.05) is 34.0 Å². The first kappa shape index (κ1) is 19.0. The lowest BCUT2D eigenvalue weighted by Gasteiger charge is -2.14. The molecule has 1 amide bonds. The number of anilines is 1. The van der Waals surface area contributed by atoms with E-state index >= 15 is 0 Å². The van der Waals surface area contributed by atoms with Gasteiger partial charge >= 0.3 is 0 Å². The first-order valence-corrected chi connectivity index (χ1v) is 8.90. The average Bonchev–Trinajstić information content (AvgIpc) is 2.64. The highest BCUT2D eigenvalue weighted by molar-refractivity contribution is 6.31. The molecule has 0 radical (unpaired) electrons. The molecule has 0 saturated heterocycles. The number of hydrogen-bond donors (Lipinski definition) is 2. The van der Waals surface area contributed by atoms with Crippen LogP contribution in [-0.2, 0) is 6.54 Å². The van der Waals surface area contributed by atoms with Crippen molar-refractivity contribution in [3.05, 3.63) is 81.6 Å². The Hall–Kier alpha value is -2.76. The van der Waals surface area contributed by atoms with Crippen molar-refractivity contribution in [2.75, 3.05) is 5.32 Å². The van der Waals surface area contributed by atoms with Crippen molar-refractivity contribution in [1.29, 1.82) is 0 Å². The first-order valence-electron chi connectivity index (χ1n) is 8.14. The maximum atomic E-state index is 11.3. The number of nitrogens with two attached hydrogens (primary N) is 1. The summed E-state index contributed by atoms with van der Waals surface area (Å²) < 4.78 is 6.01. The molecule has 0 spiro atoms. The number of halogens is 2. The predicted octanol–water partition coefficient (Wildman–Crippen LogP) is 5.20. The van der Waals surface area contributed by atoms with Gasteiger partial charge in [-0.25, -0.2) is 0 Å². The fraction of sp³-hybridized carbons (Fsp3) is 0.100. The zero-order valence-corrected chi connectivity index (χ0v) is 16.0. The second-order valence-electron chi connectivity index (χ2n) is 5.91. The van der Waals surface area contributed by atoms with Crippen LogP contribution in [0.5, 0.6) is 11.5 Å². The molecule has 0 bridgehead atoms. The summed E-state index contributed by atoms with van der Waals surface area (Å²) in [6.45, 7) is 2.37. The molecule has 5 nitrogen and oxygen atoms in total. The molecule has 0 unspecified atom stereocenters. The number of amides is 1. The highest BCUT2D eigenvalue weighted by Gasteiger charge is 2.09. The van der Waals surface area contributed by atoms with Crippen molar-refractivity contribution in [2.24, 2.45) is 5.73 Å². The summed E-state index contributed by atoms with van der Waals surface area (Å²) in [6, 6.07) is 14.2. The van der Waals surface area contributed by atoms with Gasteiger partial charge in [0.05, 0.1) is 0 Å². The molecule has 1 aromatic heterocycles. The Bertz CT molecular complexity index is 993. The minimum atomic E-state index is -0.577. The van der Waals surface area contributed by atoms with E-state index < -0.39 is 5.91 Å². The van der Waals surface area contributed by atoms with E-state index in [1.807, 2.05) is 19.1 Å². The number of hydrogen-bond acceptors (Lipinski definition) is 4. The molecule has 27 heavy (non-hydrogen) atoms. The van der Waals surface area contributed by atoms with Crippen LogP contribution in [0.25, 0.3) is 0 Å².